The summed E-state index contributed by atoms with van der Waals surface area (Å²) in [6, 6.07) is 3.76. The number of ether oxygens (including phenoxy) is 1. The first-order valence-corrected chi connectivity index (χ1v) is 10.6. The molecule has 7 nitrogen and oxygen atoms in total. The van der Waals surface area contributed by atoms with Gasteiger partial charge in [0.15, 0.2) is 6.61 Å². The molecule has 1 aromatic carbocycles. The second-order valence-corrected chi connectivity index (χ2v) is 8.82. The Hall–Kier alpha value is -1.45. The zero-order valence-corrected chi connectivity index (χ0v) is 17.7. The number of halogens is 1. The van der Waals surface area contributed by atoms with Crippen molar-refractivity contribution in [2.45, 2.75) is 57.5 Å². The van der Waals surface area contributed by atoms with Crippen LogP contribution in [-0.4, -0.2) is 39.0 Å². The van der Waals surface area contributed by atoms with Crippen LogP contribution in [0.2, 0.25) is 0 Å². The molecule has 0 saturated heterocycles. The largest absolute Gasteiger partial charge is 0.452 e. The topological polar surface area (TPSA) is 102 Å². The Morgan fingerprint density at radius 3 is 2.46 bits per heavy atom. The van der Waals surface area contributed by atoms with Gasteiger partial charge < -0.3 is 10.1 Å². The Balaban J connectivity index is 2.83. The summed E-state index contributed by atoms with van der Waals surface area (Å²) < 4.78 is 32.3. The van der Waals surface area contributed by atoms with E-state index in [9.17, 15) is 18.0 Å². The Morgan fingerprint density at radius 1 is 1.23 bits per heavy atom. The van der Waals surface area contributed by atoms with Crippen molar-refractivity contribution in [2.75, 3.05) is 6.61 Å². The number of hydrogen-bond donors (Lipinski definition) is 2. The number of benzene rings is 1. The lowest BCUT2D eigenvalue weighted by atomic mass is 10.2. The summed E-state index contributed by atoms with van der Waals surface area (Å²) in [5.74, 6) is -1.18. The predicted molar refractivity (Wildman–Crippen MR) is 102 cm³/mol. The fraction of sp³-hybridized carbons (Fsp3) is 0.529. The van der Waals surface area contributed by atoms with E-state index in [1.165, 1.54) is 18.2 Å². The monoisotopic (exact) mass is 448 g/mol. The van der Waals surface area contributed by atoms with E-state index in [2.05, 4.69) is 26.0 Å². The molecule has 1 atom stereocenters. The number of rotatable bonds is 9. The molecule has 0 fully saturated rings. The first-order chi connectivity index (χ1) is 12.1. The van der Waals surface area contributed by atoms with Crippen molar-refractivity contribution in [3.05, 3.63) is 28.2 Å². The summed E-state index contributed by atoms with van der Waals surface area (Å²) in [7, 11) is -3.74. The first-order valence-electron chi connectivity index (χ1n) is 8.35. The number of sulfonamides is 1. The third-order valence-corrected chi connectivity index (χ3v) is 5.67. The molecule has 0 saturated carbocycles. The van der Waals surface area contributed by atoms with Gasteiger partial charge in [0.05, 0.1) is 10.5 Å². The molecule has 0 aliphatic heterocycles. The summed E-state index contributed by atoms with van der Waals surface area (Å²) in [6.45, 7) is 6.85. The van der Waals surface area contributed by atoms with Gasteiger partial charge in [-0.15, -0.1) is 0 Å². The summed E-state index contributed by atoms with van der Waals surface area (Å²) in [5.41, 5.74) is 0.0334. The quantitative estimate of drug-likeness (QED) is 0.565. The number of carbonyl (C=O) groups is 2. The molecule has 146 valence electrons. The molecular weight excluding hydrogens is 424 g/mol. The number of nitrogens with one attached hydrogen (secondary N) is 2. The van der Waals surface area contributed by atoms with Crippen LogP contribution in [0.25, 0.3) is 0 Å². The van der Waals surface area contributed by atoms with E-state index in [4.69, 9.17) is 4.74 Å². The van der Waals surface area contributed by atoms with Crippen LogP contribution in [0, 0.1) is 0 Å². The molecule has 9 heteroatoms. The van der Waals surface area contributed by atoms with Crippen molar-refractivity contribution >= 4 is 37.8 Å². The van der Waals surface area contributed by atoms with E-state index in [-0.39, 0.29) is 22.5 Å². The third-order valence-electron chi connectivity index (χ3n) is 3.32. The van der Waals surface area contributed by atoms with Crippen molar-refractivity contribution in [3.63, 3.8) is 0 Å². The molecule has 0 bridgehead atoms. The molecule has 0 spiro atoms. The number of hydrogen-bond acceptors (Lipinski definition) is 5. The Bertz CT molecular complexity index is 750. The maximum atomic E-state index is 12.2. The average Bonchev–Trinajstić information content (AvgIpc) is 2.51. The number of carbonyl (C=O) groups excluding carboxylic acids is 2. The fourth-order valence-electron chi connectivity index (χ4n) is 2.24. The standard InChI is InChI=1S/C17H25BrN2O5S/c1-5-6-12(4)19-16(21)10-25-17(22)14-9-13(7-8-15(14)18)26(23,24)20-11(2)3/h7-9,11-12,20H,5-6,10H2,1-4H3,(H,19,21)/t12-/m1/s1. The average molecular weight is 449 g/mol. The van der Waals surface area contributed by atoms with Gasteiger partial charge in [0.2, 0.25) is 10.0 Å². The molecule has 0 heterocycles. The lowest BCUT2D eigenvalue weighted by Crippen LogP contribution is -2.35. The SMILES string of the molecule is CCC[C@@H](C)NC(=O)COC(=O)c1cc(S(=O)(=O)NC(C)C)ccc1Br. The molecule has 0 radical (unpaired) electrons. The number of amides is 1. The lowest BCUT2D eigenvalue weighted by molar-refractivity contribution is -0.124. The van der Waals surface area contributed by atoms with Gasteiger partial charge in [-0.25, -0.2) is 17.9 Å². The van der Waals surface area contributed by atoms with Crippen molar-refractivity contribution in [1.29, 1.82) is 0 Å². The van der Waals surface area contributed by atoms with Gasteiger partial charge in [0.1, 0.15) is 0 Å². The highest BCUT2D eigenvalue weighted by Gasteiger charge is 2.20. The van der Waals surface area contributed by atoms with Crippen molar-refractivity contribution in [2.24, 2.45) is 0 Å². The van der Waals surface area contributed by atoms with E-state index in [1.54, 1.807) is 13.8 Å². The summed E-state index contributed by atoms with van der Waals surface area (Å²) in [5, 5.41) is 2.73. The van der Waals surface area contributed by atoms with Crippen LogP contribution < -0.4 is 10.0 Å². The van der Waals surface area contributed by atoms with Crippen molar-refractivity contribution in [1.82, 2.24) is 10.0 Å². The summed E-state index contributed by atoms with van der Waals surface area (Å²) in [4.78, 5) is 24.0. The molecule has 26 heavy (non-hydrogen) atoms. The zero-order valence-electron chi connectivity index (χ0n) is 15.3. The highest BCUT2D eigenvalue weighted by molar-refractivity contribution is 9.10. The maximum Gasteiger partial charge on any atom is 0.339 e. The molecule has 1 rings (SSSR count). The summed E-state index contributed by atoms with van der Waals surface area (Å²) in [6.07, 6.45) is 1.76. The highest BCUT2D eigenvalue weighted by atomic mass is 79.9. The highest BCUT2D eigenvalue weighted by Crippen LogP contribution is 2.22. The molecule has 2 N–H and O–H groups in total. The Kier molecular flexibility index (Phi) is 8.72. The summed E-state index contributed by atoms with van der Waals surface area (Å²) >= 11 is 3.20. The van der Waals surface area contributed by atoms with E-state index < -0.39 is 28.5 Å². The van der Waals surface area contributed by atoms with E-state index in [1.807, 2.05) is 13.8 Å². The minimum atomic E-state index is -3.74. The van der Waals surface area contributed by atoms with E-state index in [0.717, 1.165) is 12.8 Å². The van der Waals surface area contributed by atoms with Gasteiger partial charge in [-0.05, 0) is 61.3 Å². The van der Waals surface area contributed by atoms with Crippen LogP contribution in [0.3, 0.4) is 0 Å². The molecule has 0 unspecified atom stereocenters. The fourth-order valence-corrected chi connectivity index (χ4v) is 3.92. The normalized spacial score (nSPS) is 12.7. The van der Waals surface area contributed by atoms with Crippen LogP contribution in [0.4, 0.5) is 0 Å². The van der Waals surface area contributed by atoms with Crippen LogP contribution in [0.15, 0.2) is 27.6 Å². The molecule has 0 aliphatic carbocycles. The molecule has 1 amide bonds. The smallest absolute Gasteiger partial charge is 0.339 e. The maximum absolute atomic E-state index is 12.2. The molecule has 0 aliphatic rings. The number of esters is 1. The van der Waals surface area contributed by atoms with Gasteiger partial charge >= 0.3 is 5.97 Å². The molecule has 1 aromatic rings. The van der Waals surface area contributed by atoms with Crippen LogP contribution in [-0.2, 0) is 19.6 Å². The van der Waals surface area contributed by atoms with Gasteiger partial charge in [0, 0.05) is 16.6 Å². The van der Waals surface area contributed by atoms with Gasteiger partial charge in [0.25, 0.3) is 5.91 Å². The van der Waals surface area contributed by atoms with Crippen LogP contribution in [0.5, 0.6) is 0 Å². The van der Waals surface area contributed by atoms with Crippen molar-refractivity contribution < 1.29 is 22.7 Å². The lowest BCUT2D eigenvalue weighted by Gasteiger charge is -2.13. The zero-order chi connectivity index (χ0) is 19.9. The van der Waals surface area contributed by atoms with Gasteiger partial charge in [-0.3, -0.25) is 4.79 Å². The minimum absolute atomic E-state index is 0.00600. The van der Waals surface area contributed by atoms with Crippen LogP contribution >= 0.6 is 15.9 Å². The van der Waals surface area contributed by atoms with Crippen molar-refractivity contribution in [3.8, 4) is 0 Å². The van der Waals surface area contributed by atoms with E-state index in [0.29, 0.717) is 4.47 Å². The Morgan fingerprint density at radius 2 is 1.88 bits per heavy atom. The molecule has 0 aromatic heterocycles. The first kappa shape index (κ1) is 22.6. The second kappa shape index (κ2) is 10.0. The van der Waals surface area contributed by atoms with Gasteiger partial charge in [-0.2, -0.15) is 0 Å². The predicted octanol–water partition coefficient (Wildman–Crippen LogP) is 2.60. The minimum Gasteiger partial charge on any atom is -0.452 e. The van der Waals surface area contributed by atoms with Crippen LogP contribution in [0.1, 0.15) is 50.9 Å². The van der Waals surface area contributed by atoms with Gasteiger partial charge in [-0.1, -0.05) is 13.3 Å². The third kappa shape index (κ3) is 7.05. The Labute approximate surface area is 163 Å². The second-order valence-electron chi connectivity index (χ2n) is 6.25. The molecular formula is C17H25BrN2O5S. The van der Waals surface area contributed by atoms with E-state index >= 15 is 0 Å².